The van der Waals surface area contributed by atoms with E-state index < -0.39 is 0 Å². The Labute approximate surface area is 116 Å². The van der Waals surface area contributed by atoms with Gasteiger partial charge in [0.1, 0.15) is 5.75 Å². The van der Waals surface area contributed by atoms with E-state index in [1.807, 2.05) is 0 Å². The van der Waals surface area contributed by atoms with Gasteiger partial charge in [0.25, 0.3) is 0 Å². The number of hydrogen-bond donors (Lipinski definition) is 1. The van der Waals surface area contributed by atoms with Crippen LogP contribution in [0.25, 0.3) is 0 Å². The van der Waals surface area contributed by atoms with Crippen molar-refractivity contribution in [3.05, 3.63) is 29.3 Å². The number of nitrogens with zero attached hydrogens (tertiary/aromatic N) is 1. The standard InChI is InChI=1S/C16H26N2O/c1-3-14-11-13(6-7-16(14)19-2)12-15-5-4-9-18(15)10-8-17/h6-7,11,15H,3-5,8-10,12,17H2,1-2H3. The summed E-state index contributed by atoms with van der Waals surface area (Å²) in [5.41, 5.74) is 8.42. The van der Waals surface area contributed by atoms with Gasteiger partial charge in [-0.3, -0.25) is 4.90 Å². The number of ether oxygens (including phenoxy) is 1. The summed E-state index contributed by atoms with van der Waals surface area (Å²) in [4.78, 5) is 2.54. The van der Waals surface area contributed by atoms with E-state index in [1.165, 1.54) is 30.5 Å². The van der Waals surface area contributed by atoms with E-state index in [0.29, 0.717) is 6.04 Å². The second kappa shape index (κ2) is 6.92. The largest absolute Gasteiger partial charge is 0.496 e. The Hall–Kier alpha value is -1.06. The molecule has 1 atom stereocenters. The predicted octanol–water partition coefficient (Wildman–Crippen LogP) is 2.22. The van der Waals surface area contributed by atoms with E-state index in [0.717, 1.165) is 31.7 Å². The molecule has 0 bridgehead atoms. The van der Waals surface area contributed by atoms with Gasteiger partial charge in [-0.2, -0.15) is 0 Å². The Morgan fingerprint density at radius 1 is 1.42 bits per heavy atom. The van der Waals surface area contributed by atoms with Crippen LogP contribution in [0, 0.1) is 0 Å². The van der Waals surface area contributed by atoms with E-state index in [-0.39, 0.29) is 0 Å². The van der Waals surface area contributed by atoms with Crippen molar-refractivity contribution in [1.29, 1.82) is 0 Å². The van der Waals surface area contributed by atoms with Gasteiger partial charge in [0.15, 0.2) is 0 Å². The third-order valence-corrected chi connectivity index (χ3v) is 4.11. The molecule has 1 aliphatic rings. The van der Waals surface area contributed by atoms with Gasteiger partial charge in [-0.05, 0) is 49.4 Å². The molecule has 1 saturated heterocycles. The maximum atomic E-state index is 5.69. The SMILES string of the molecule is CCc1cc(CC2CCCN2CCN)ccc1OC. The minimum Gasteiger partial charge on any atom is -0.496 e. The van der Waals surface area contributed by atoms with Crippen LogP contribution in [0.3, 0.4) is 0 Å². The third kappa shape index (κ3) is 3.48. The quantitative estimate of drug-likeness (QED) is 0.854. The van der Waals surface area contributed by atoms with Gasteiger partial charge in [-0.25, -0.2) is 0 Å². The zero-order valence-electron chi connectivity index (χ0n) is 12.2. The molecule has 0 amide bonds. The van der Waals surface area contributed by atoms with Crippen molar-refractivity contribution in [3.8, 4) is 5.75 Å². The first-order valence-electron chi connectivity index (χ1n) is 7.38. The summed E-state index contributed by atoms with van der Waals surface area (Å²) in [5.74, 6) is 1.01. The minimum atomic E-state index is 0.668. The highest BCUT2D eigenvalue weighted by molar-refractivity contribution is 5.37. The highest BCUT2D eigenvalue weighted by Crippen LogP contribution is 2.25. The number of rotatable bonds is 6. The fourth-order valence-corrected chi connectivity index (χ4v) is 3.09. The smallest absolute Gasteiger partial charge is 0.122 e. The first-order chi connectivity index (χ1) is 9.28. The van der Waals surface area contributed by atoms with Crippen LogP contribution in [0.15, 0.2) is 18.2 Å². The van der Waals surface area contributed by atoms with Gasteiger partial charge in [-0.15, -0.1) is 0 Å². The molecule has 106 valence electrons. The Balaban J connectivity index is 2.06. The lowest BCUT2D eigenvalue weighted by Gasteiger charge is -2.24. The number of likely N-dealkylation sites (tertiary alicyclic amines) is 1. The van der Waals surface area contributed by atoms with Gasteiger partial charge >= 0.3 is 0 Å². The van der Waals surface area contributed by atoms with Gasteiger partial charge in [-0.1, -0.05) is 19.1 Å². The predicted molar refractivity (Wildman–Crippen MR) is 79.7 cm³/mol. The Bertz CT molecular complexity index is 406. The average Bonchev–Trinajstić information content (AvgIpc) is 2.86. The Morgan fingerprint density at radius 3 is 2.95 bits per heavy atom. The lowest BCUT2D eigenvalue weighted by atomic mass is 10.0. The highest BCUT2D eigenvalue weighted by atomic mass is 16.5. The molecule has 3 nitrogen and oxygen atoms in total. The fourth-order valence-electron chi connectivity index (χ4n) is 3.09. The zero-order valence-corrected chi connectivity index (χ0v) is 12.2. The van der Waals surface area contributed by atoms with Gasteiger partial charge in [0.2, 0.25) is 0 Å². The van der Waals surface area contributed by atoms with Crippen LogP contribution < -0.4 is 10.5 Å². The van der Waals surface area contributed by atoms with Gasteiger partial charge in [0.05, 0.1) is 7.11 Å². The summed E-state index contributed by atoms with van der Waals surface area (Å²) in [7, 11) is 1.74. The minimum absolute atomic E-state index is 0.668. The second-order valence-corrected chi connectivity index (χ2v) is 5.32. The molecule has 1 aromatic rings. The van der Waals surface area contributed by atoms with Crippen molar-refractivity contribution in [3.63, 3.8) is 0 Å². The molecule has 0 radical (unpaired) electrons. The molecular formula is C16H26N2O. The Morgan fingerprint density at radius 2 is 2.26 bits per heavy atom. The fraction of sp³-hybridized carbons (Fsp3) is 0.625. The normalized spacial score (nSPS) is 19.8. The number of methoxy groups -OCH3 is 1. The molecule has 0 aromatic heterocycles. The van der Waals surface area contributed by atoms with Crippen molar-refractivity contribution < 1.29 is 4.74 Å². The summed E-state index contributed by atoms with van der Waals surface area (Å²) in [6.45, 7) is 5.18. The zero-order chi connectivity index (χ0) is 13.7. The number of hydrogen-bond acceptors (Lipinski definition) is 3. The van der Waals surface area contributed by atoms with Gasteiger partial charge in [0, 0.05) is 19.1 Å². The molecule has 0 spiro atoms. The molecule has 2 N–H and O–H groups in total. The molecule has 0 saturated carbocycles. The van der Waals surface area contributed by atoms with Crippen molar-refractivity contribution in [2.45, 2.75) is 38.6 Å². The lowest BCUT2D eigenvalue weighted by molar-refractivity contribution is 0.259. The van der Waals surface area contributed by atoms with E-state index >= 15 is 0 Å². The summed E-state index contributed by atoms with van der Waals surface area (Å²) in [6.07, 6.45) is 4.76. The van der Waals surface area contributed by atoms with Crippen LogP contribution >= 0.6 is 0 Å². The Kier molecular flexibility index (Phi) is 5.23. The van der Waals surface area contributed by atoms with E-state index in [4.69, 9.17) is 10.5 Å². The first-order valence-corrected chi connectivity index (χ1v) is 7.38. The summed E-state index contributed by atoms with van der Waals surface area (Å²) >= 11 is 0. The van der Waals surface area contributed by atoms with Crippen LogP contribution in [0.1, 0.15) is 30.9 Å². The topological polar surface area (TPSA) is 38.5 Å². The van der Waals surface area contributed by atoms with Crippen LogP contribution in [0.2, 0.25) is 0 Å². The highest BCUT2D eigenvalue weighted by Gasteiger charge is 2.23. The lowest BCUT2D eigenvalue weighted by Crippen LogP contribution is -2.35. The summed E-state index contributed by atoms with van der Waals surface area (Å²) < 4.78 is 5.39. The molecular weight excluding hydrogens is 236 g/mol. The molecule has 0 aliphatic carbocycles. The number of nitrogens with two attached hydrogens (primary N) is 1. The van der Waals surface area contributed by atoms with Crippen molar-refractivity contribution >= 4 is 0 Å². The molecule has 1 aliphatic heterocycles. The molecule has 1 fully saturated rings. The molecule has 1 unspecified atom stereocenters. The third-order valence-electron chi connectivity index (χ3n) is 4.11. The van der Waals surface area contributed by atoms with Crippen LogP contribution in [0.5, 0.6) is 5.75 Å². The summed E-state index contributed by atoms with van der Waals surface area (Å²) in [5, 5.41) is 0. The van der Waals surface area contributed by atoms with E-state index in [9.17, 15) is 0 Å². The maximum Gasteiger partial charge on any atom is 0.122 e. The molecule has 2 rings (SSSR count). The number of benzene rings is 1. The summed E-state index contributed by atoms with van der Waals surface area (Å²) in [6, 6.07) is 7.28. The van der Waals surface area contributed by atoms with Crippen molar-refractivity contribution in [2.75, 3.05) is 26.7 Å². The molecule has 1 aromatic carbocycles. The van der Waals surface area contributed by atoms with E-state index in [1.54, 1.807) is 7.11 Å². The first kappa shape index (κ1) is 14.4. The maximum absolute atomic E-state index is 5.69. The van der Waals surface area contributed by atoms with Crippen LogP contribution in [-0.4, -0.2) is 37.7 Å². The molecule has 19 heavy (non-hydrogen) atoms. The molecule has 1 heterocycles. The number of aryl methyl sites for hydroxylation is 1. The molecule has 3 heteroatoms. The second-order valence-electron chi connectivity index (χ2n) is 5.32. The van der Waals surface area contributed by atoms with E-state index in [2.05, 4.69) is 30.0 Å². The van der Waals surface area contributed by atoms with Crippen molar-refractivity contribution in [1.82, 2.24) is 4.90 Å². The average molecular weight is 262 g/mol. The van der Waals surface area contributed by atoms with Gasteiger partial charge < -0.3 is 10.5 Å². The van der Waals surface area contributed by atoms with Crippen LogP contribution in [-0.2, 0) is 12.8 Å². The van der Waals surface area contributed by atoms with Crippen molar-refractivity contribution in [2.24, 2.45) is 5.73 Å². The monoisotopic (exact) mass is 262 g/mol. The van der Waals surface area contributed by atoms with Crippen LogP contribution in [0.4, 0.5) is 0 Å².